The van der Waals surface area contributed by atoms with Gasteiger partial charge in [-0.3, -0.25) is 0 Å². The molecule has 20 heavy (non-hydrogen) atoms. The molecule has 0 atom stereocenters. The van der Waals surface area contributed by atoms with Crippen molar-refractivity contribution < 1.29 is 9.47 Å². The Hall–Kier alpha value is -1.44. The molecule has 0 radical (unpaired) electrons. The Kier molecular flexibility index (Phi) is 5.67. The maximum absolute atomic E-state index is 6.00. The van der Waals surface area contributed by atoms with Crippen molar-refractivity contribution in [3.8, 4) is 11.5 Å². The summed E-state index contributed by atoms with van der Waals surface area (Å²) in [7, 11) is 0. The van der Waals surface area contributed by atoms with Gasteiger partial charge in [-0.25, -0.2) is 0 Å². The molecule has 0 heterocycles. The molecule has 0 spiro atoms. The second-order valence-corrected chi connectivity index (χ2v) is 6.11. The van der Waals surface area contributed by atoms with Crippen LogP contribution in [0.15, 0.2) is 12.2 Å². The minimum atomic E-state index is 0.522. The molecular weight excluding hydrogens is 248 g/mol. The summed E-state index contributed by atoms with van der Waals surface area (Å²) in [4.78, 5) is 0. The van der Waals surface area contributed by atoms with Crippen molar-refractivity contribution in [2.24, 2.45) is 5.92 Å². The largest absolute Gasteiger partial charge is 0.493 e. The predicted molar refractivity (Wildman–Crippen MR) is 86.0 cm³/mol. The van der Waals surface area contributed by atoms with E-state index in [4.69, 9.17) is 9.47 Å². The molecule has 1 aromatic rings. The van der Waals surface area contributed by atoms with Crippen molar-refractivity contribution in [1.82, 2.24) is 0 Å². The standard InChI is InChI=1S/C18H28O2/c1-11(2)9-19-17-13(5)15(7)18(16(8)14(17)6)20-10-12(3)4/h12H,1,9-10H2,2-8H3. The molecule has 0 saturated heterocycles. The molecule has 2 heteroatoms. The van der Waals surface area contributed by atoms with Crippen LogP contribution in [-0.4, -0.2) is 13.2 Å². The Bertz CT molecular complexity index is 470. The Morgan fingerprint density at radius 2 is 1.30 bits per heavy atom. The summed E-state index contributed by atoms with van der Waals surface area (Å²) in [6.45, 7) is 19.9. The summed E-state index contributed by atoms with van der Waals surface area (Å²) in [5.74, 6) is 2.50. The monoisotopic (exact) mass is 276 g/mol. The minimum Gasteiger partial charge on any atom is -0.493 e. The SMILES string of the molecule is C=C(C)COc1c(C)c(C)c(OCC(C)C)c(C)c1C. The lowest BCUT2D eigenvalue weighted by atomic mass is 9.98. The van der Waals surface area contributed by atoms with Gasteiger partial charge in [-0.1, -0.05) is 20.4 Å². The Morgan fingerprint density at radius 1 is 0.900 bits per heavy atom. The van der Waals surface area contributed by atoms with Crippen molar-refractivity contribution in [3.05, 3.63) is 34.4 Å². The first-order valence-corrected chi connectivity index (χ1v) is 7.26. The van der Waals surface area contributed by atoms with E-state index in [2.05, 4.69) is 48.1 Å². The van der Waals surface area contributed by atoms with E-state index in [1.807, 2.05) is 6.92 Å². The first-order chi connectivity index (χ1) is 9.25. The molecule has 0 fully saturated rings. The van der Waals surface area contributed by atoms with E-state index in [-0.39, 0.29) is 0 Å². The van der Waals surface area contributed by atoms with Gasteiger partial charge in [0, 0.05) is 0 Å². The zero-order valence-electron chi connectivity index (χ0n) is 14.0. The molecule has 1 rings (SSSR count). The molecule has 0 aliphatic rings. The smallest absolute Gasteiger partial charge is 0.126 e. The summed E-state index contributed by atoms with van der Waals surface area (Å²) in [5.41, 5.74) is 5.69. The maximum atomic E-state index is 6.00. The third-order valence-electron chi connectivity index (χ3n) is 3.51. The van der Waals surface area contributed by atoms with Crippen molar-refractivity contribution in [2.45, 2.75) is 48.5 Å². The van der Waals surface area contributed by atoms with Gasteiger partial charge in [-0.05, 0) is 68.4 Å². The van der Waals surface area contributed by atoms with Crippen molar-refractivity contribution in [1.29, 1.82) is 0 Å². The summed E-state index contributed by atoms with van der Waals surface area (Å²) >= 11 is 0. The van der Waals surface area contributed by atoms with E-state index in [9.17, 15) is 0 Å². The molecule has 0 unspecified atom stereocenters. The fourth-order valence-electron chi connectivity index (χ4n) is 2.12. The van der Waals surface area contributed by atoms with Gasteiger partial charge in [0.1, 0.15) is 18.1 Å². The lowest BCUT2D eigenvalue weighted by molar-refractivity contribution is 0.266. The van der Waals surface area contributed by atoms with Gasteiger partial charge in [-0.2, -0.15) is 0 Å². The van der Waals surface area contributed by atoms with Gasteiger partial charge in [0.25, 0.3) is 0 Å². The molecule has 0 bridgehead atoms. The number of benzene rings is 1. The first-order valence-electron chi connectivity index (χ1n) is 7.26. The second-order valence-electron chi connectivity index (χ2n) is 6.11. The van der Waals surface area contributed by atoms with Crippen molar-refractivity contribution in [3.63, 3.8) is 0 Å². The summed E-state index contributed by atoms with van der Waals surface area (Å²) in [6, 6.07) is 0. The zero-order valence-corrected chi connectivity index (χ0v) is 14.0. The van der Waals surface area contributed by atoms with Gasteiger partial charge >= 0.3 is 0 Å². The van der Waals surface area contributed by atoms with Crippen LogP contribution in [0, 0.1) is 33.6 Å². The molecule has 1 aromatic carbocycles. The van der Waals surface area contributed by atoms with Gasteiger partial charge in [-0.15, -0.1) is 0 Å². The van der Waals surface area contributed by atoms with E-state index in [0.717, 1.165) is 34.8 Å². The van der Waals surface area contributed by atoms with Gasteiger partial charge in [0.2, 0.25) is 0 Å². The number of hydrogen-bond donors (Lipinski definition) is 0. The molecule has 0 aromatic heterocycles. The molecular formula is C18H28O2. The van der Waals surface area contributed by atoms with E-state index in [1.54, 1.807) is 0 Å². The molecule has 0 aliphatic carbocycles. The third-order valence-corrected chi connectivity index (χ3v) is 3.51. The highest BCUT2D eigenvalue weighted by atomic mass is 16.5. The minimum absolute atomic E-state index is 0.522. The van der Waals surface area contributed by atoms with E-state index >= 15 is 0 Å². The Labute approximate surface area is 123 Å². The van der Waals surface area contributed by atoms with Crippen LogP contribution in [0.4, 0.5) is 0 Å². The van der Waals surface area contributed by atoms with Gasteiger partial charge in [0.15, 0.2) is 0 Å². The van der Waals surface area contributed by atoms with Crippen LogP contribution in [0.25, 0.3) is 0 Å². The van der Waals surface area contributed by atoms with Crippen molar-refractivity contribution >= 4 is 0 Å². The molecule has 0 saturated carbocycles. The average Bonchev–Trinajstić information content (AvgIpc) is 2.35. The Morgan fingerprint density at radius 3 is 1.65 bits per heavy atom. The summed E-state index contributed by atoms with van der Waals surface area (Å²) in [6.07, 6.45) is 0. The van der Waals surface area contributed by atoms with E-state index in [1.165, 1.54) is 11.1 Å². The summed E-state index contributed by atoms with van der Waals surface area (Å²) < 4.78 is 11.9. The highest BCUT2D eigenvalue weighted by Crippen LogP contribution is 2.37. The number of rotatable bonds is 6. The Balaban J connectivity index is 3.16. The first kappa shape index (κ1) is 16.6. The van der Waals surface area contributed by atoms with Crippen molar-refractivity contribution in [2.75, 3.05) is 13.2 Å². The third kappa shape index (κ3) is 3.78. The highest BCUT2D eigenvalue weighted by Gasteiger charge is 2.17. The number of ether oxygens (including phenoxy) is 2. The summed E-state index contributed by atoms with van der Waals surface area (Å²) in [5, 5.41) is 0. The van der Waals surface area contributed by atoms with Gasteiger partial charge < -0.3 is 9.47 Å². The lowest BCUT2D eigenvalue weighted by Gasteiger charge is -2.21. The molecule has 0 N–H and O–H groups in total. The van der Waals surface area contributed by atoms with Crippen LogP contribution in [0.3, 0.4) is 0 Å². The normalized spacial score (nSPS) is 10.8. The van der Waals surface area contributed by atoms with E-state index < -0.39 is 0 Å². The maximum Gasteiger partial charge on any atom is 0.126 e. The topological polar surface area (TPSA) is 18.5 Å². The molecule has 112 valence electrons. The van der Waals surface area contributed by atoms with Crippen LogP contribution in [0.2, 0.25) is 0 Å². The van der Waals surface area contributed by atoms with E-state index in [0.29, 0.717) is 12.5 Å². The van der Waals surface area contributed by atoms with Crippen LogP contribution >= 0.6 is 0 Å². The van der Waals surface area contributed by atoms with Crippen LogP contribution in [0.5, 0.6) is 11.5 Å². The highest BCUT2D eigenvalue weighted by molar-refractivity contribution is 5.57. The van der Waals surface area contributed by atoms with Crippen LogP contribution in [0.1, 0.15) is 43.0 Å². The fraction of sp³-hybridized carbons (Fsp3) is 0.556. The quantitative estimate of drug-likeness (QED) is 0.687. The lowest BCUT2D eigenvalue weighted by Crippen LogP contribution is -2.10. The molecule has 0 aliphatic heterocycles. The van der Waals surface area contributed by atoms with Crippen LogP contribution < -0.4 is 9.47 Å². The fourth-order valence-corrected chi connectivity index (χ4v) is 2.12. The molecule has 2 nitrogen and oxygen atoms in total. The zero-order chi connectivity index (χ0) is 15.4. The van der Waals surface area contributed by atoms with Gasteiger partial charge in [0.05, 0.1) is 6.61 Å². The predicted octanol–water partition coefficient (Wildman–Crippen LogP) is 4.91. The second kappa shape index (κ2) is 6.83. The van der Waals surface area contributed by atoms with Crippen LogP contribution in [-0.2, 0) is 0 Å². The molecule has 0 amide bonds. The average molecular weight is 276 g/mol. The number of hydrogen-bond acceptors (Lipinski definition) is 2.